The predicted octanol–water partition coefficient (Wildman–Crippen LogP) is 1.97. The van der Waals surface area contributed by atoms with E-state index in [4.69, 9.17) is 0 Å². The number of carbonyl (C=O) groups excluding carboxylic acids is 1. The molecule has 98 valence electrons. The number of anilines is 1. The molecule has 0 aliphatic carbocycles. The van der Waals surface area contributed by atoms with Crippen molar-refractivity contribution in [1.29, 1.82) is 0 Å². The lowest BCUT2D eigenvalue weighted by molar-refractivity contribution is -0.119. The number of nitrogens with zero attached hydrogens (tertiary/aromatic N) is 2. The maximum absolute atomic E-state index is 12.3. The van der Waals surface area contributed by atoms with Gasteiger partial charge in [0.15, 0.2) is 0 Å². The number of rotatable bonds is 4. The minimum absolute atomic E-state index is 0.197. The zero-order chi connectivity index (χ0) is 12.8. The van der Waals surface area contributed by atoms with Crippen molar-refractivity contribution in [3.8, 4) is 0 Å². The zero-order valence-electron chi connectivity index (χ0n) is 10.9. The molecule has 0 atom stereocenters. The first-order valence-electron chi connectivity index (χ1n) is 6.76. The molecule has 0 radical (unpaired) electrons. The van der Waals surface area contributed by atoms with E-state index in [0.29, 0.717) is 12.5 Å². The smallest absolute Gasteiger partial charge is 0.228 e. The van der Waals surface area contributed by atoms with Crippen LogP contribution in [0.15, 0.2) is 24.4 Å². The van der Waals surface area contributed by atoms with E-state index in [1.807, 2.05) is 30.0 Å². The molecule has 2 heterocycles. The van der Waals surface area contributed by atoms with E-state index < -0.39 is 0 Å². The third-order valence-corrected chi connectivity index (χ3v) is 3.30. The summed E-state index contributed by atoms with van der Waals surface area (Å²) < 4.78 is 0. The third-order valence-electron chi connectivity index (χ3n) is 3.30. The number of nitrogens with one attached hydrogen (secondary N) is 1. The lowest BCUT2D eigenvalue weighted by atomic mass is 10.0. The average Bonchev–Trinajstić information content (AvgIpc) is 2.42. The maximum Gasteiger partial charge on any atom is 0.228 e. The van der Waals surface area contributed by atoms with E-state index in [2.05, 4.69) is 10.3 Å². The van der Waals surface area contributed by atoms with Crippen molar-refractivity contribution in [2.75, 3.05) is 18.0 Å². The van der Waals surface area contributed by atoms with Crippen LogP contribution in [-0.4, -0.2) is 30.0 Å². The van der Waals surface area contributed by atoms with Gasteiger partial charge in [-0.2, -0.15) is 0 Å². The van der Waals surface area contributed by atoms with Gasteiger partial charge in [0.1, 0.15) is 5.82 Å². The van der Waals surface area contributed by atoms with Gasteiger partial charge in [0, 0.05) is 18.7 Å². The second-order valence-electron chi connectivity index (χ2n) is 4.68. The van der Waals surface area contributed by atoms with Crippen molar-refractivity contribution in [2.24, 2.45) is 0 Å². The van der Waals surface area contributed by atoms with Gasteiger partial charge in [-0.15, -0.1) is 0 Å². The molecule has 1 saturated heterocycles. The standard InChI is InChI=1S/C14H21N3O/c1-2-5-14(18)17(12-7-10-15-11-8-12)13-6-3-4-9-16-13/h3-4,6,9,12,15H,2,5,7-8,10-11H2,1H3. The second-order valence-corrected chi connectivity index (χ2v) is 4.68. The second kappa shape index (κ2) is 6.50. The molecule has 1 aromatic heterocycles. The summed E-state index contributed by atoms with van der Waals surface area (Å²) in [5.74, 6) is 0.992. The minimum atomic E-state index is 0.197. The number of aromatic nitrogens is 1. The Morgan fingerprint density at radius 1 is 1.44 bits per heavy atom. The Balaban J connectivity index is 2.19. The molecule has 0 bridgehead atoms. The van der Waals surface area contributed by atoms with Gasteiger partial charge in [-0.1, -0.05) is 13.0 Å². The van der Waals surface area contributed by atoms with Gasteiger partial charge in [0.25, 0.3) is 0 Å². The monoisotopic (exact) mass is 247 g/mol. The van der Waals surface area contributed by atoms with E-state index in [-0.39, 0.29) is 5.91 Å². The SMILES string of the molecule is CCCC(=O)N(c1ccccn1)C1CCNCC1. The van der Waals surface area contributed by atoms with Crippen molar-refractivity contribution in [3.05, 3.63) is 24.4 Å². The highest BCUT2D eigenvalue weighted by atomic mass is 16.2. The fourth-order valence-electron chi connectivity index (χ4n) is 2.41. The zero-order valence-corrected chi connectivity index (χ0v) is 10.9. The van der Waals surface area contributed by atoms with Crippen molar-refractivity contribution in [2.45, 2.75) is 38.6 Å². The van der Waals surface area contributed by atoms with Crippen LogP contribution in [0.1, 0.15) is 32.6 Å². The van der Waals surface area contributed by atoms with Gasteiger partial charge in [-0.05, 0) is 44.5 Å². The van der Waals surface area contributed by atoms with Gasteiger partial charge in [-0.25, -0.2) is 4.98 Å². The van der Waals surface area contributed by atoms with Crippen LogP contribution in [0.5, 0.6) is 0 Å². The van der Waals surface area contributed by atoms with Crippen LogP contribution in [0.25, 0.3) is 0 Å². The topological polar surface area (TPSA) is 45.2 Å². The van der Waals surface area contributed by atoms with Gasteiger partial charge in [0.2, 0.25) is 5.91 Å². The average molecular weight is 247 g/mol. The quantitative estimate of drug-likeness (QED) is 0.884. The summed E-state index contributed by atoms with van der Waals surface area (Å²) in [7, 11) is 0. The molecule has 1 fully saturated rings. The molecule has 1 N–H and O–H groups in total. The summed E-state index contributed by atoms with van der Waals surface area (Å²) in [4.78, 5) is 18.6. The lowest BCUT2D eigenvalue weighted by Gasteiger charge is -2.34. The van der Waals surface area contributed by atoms with E-state index in [1.165, 1.54) is 0 Å². The van der Waals surface area contributed by atoms with Crippen molar-refractivity contribution < 1.29 is 4.79 Å². The van der Waals surface area contributed by atoms with Crippen molar-refractivity contribution >= 4 is 11.7 Å². The molecule has 1 amide bonds. The van der Waals surface area contributed by atoms with Gasteiger partial charge >= 0.3 is 0 Å². The van der Waals surface area contributed by atoms with Crippen LogP contribution in [0, 0.1) is 0 Å². The first-order valence-corrected chi connectivity index (χ1v) is 6.76. The summed E-state index contributed by atoms with van der Waals surface area (Å²) in [6.45, 7) is 4.00. The molecular formula is C14H21N3O. The Morgan fingerprint density at radius 3 is 2.83 bits per heavy atom. The predicted molar refractivity (Wildman–Crippen MR) is 72.5 cm³/mol. The molecule has 18 heavy (non-hydrogen) atoms. The first kappa shape index (κ1) is 13.0. The lowest BCUT2D eigenvalue weighted by Crippen LogP contribution is -2.46. The summed E-state index contributed by atoms with van der Waals surface area (Å²) >= 11 is 0. The molecule has 0 saturated carbocycles. The van der Waals surface area contributed by atoms with Gasteiger partial charge in [-0.3, -0.25) is 9.69 Å². The van der Waals surface area contributed by atoms with Crippen LogP contribution >= 0.6 is 0 Å². The minimum Gasteiger partial charge on any atom is -0.317 e. The fraction of sp³-hybridized carbons (Fsp3) is 0.571. The largest absolute Gasteiger partial charge is 0.317 e. The molecule has 4 heteroatoms. The summed E-state index contributed by atoms with van der Waals surface area (Å²) in [6, 6.07) is 6.04. The molecule has 4 nitrogen and oxygen atoms in total. The molecule has 0 aromatic carbocycles. The molecule has 0 unspecified atom stereocenters. The number of hydrogen-bond donors (Lipinski definition) is 1. The van der Waals surface area contributed by atoms with Gasteiger partial charge in [0.05, 0.1) is 0 Å². The highest BCUT2D eigenvalue weighted by Crippen LogP contribution is 2.20. The Morgan fingerprint density at radius 2 is 2.22 bits per heavy atom. The highest BCUT2D eigenvalue weighted by Gasteiger charge is 2.26. The summed E-state index contributed by atoms with van der Waals surface area (Å²) in [5, 5.41) is 3.33. The van der Waals surface area contributed by atoms with E-state index in [9.17, 15) is 4.79 Å². The van der Waals surface area contributed by atoms with Crippen molar-refractivity contribution in [3.63, 3.8) is 0 Å². The van der Waals surface area contributed by atoms with Crippen LogP contribution in [0.4, 0.5) is 5.82 Å². The van der Waals surface area contributed by atoms with Crippen LogP contribution in [0.3, 0.4) is 0 Å². The number of piperidine rings is 1. The maximum atomic E-state index is 12.3. The van der Waals surface area contributed by atoms with Crippen LogP contribution in [-0.2, 0) is 4.79 Å². The molecule has 0 spiro atoms. The van der Waals surface area contributed by atoms with E-state index >= 15 is 0 Å². The Kier molecular flexibility index (Phi) is 4.70. The number of hydrogen-bond acceptors (Lipinski definition) is 3. The summed E-state index contributed by atoms with van der Waals surface area (Å²) in [6.07, 6.45) is 5.24. The Hall–Kier alpha value is -1.42. The molecular weight excluding hydrogens is 226 g/mol. The number of pyridine rings is 1. The fourth-order valence-corrected chi connectivity index (χ4v) is 2.41. The first-order chi connectivity index (χ1) is 8.83. The molecule has 1 aliphatic heterocycles. The normalized spacial score (nSPS) is 16.5. The van der Waals surface area contributed by atoms with Crippen LogP contribution in [0.2, 0.25) is 0 Å². The summed E-state index contributed by atoms with van der Waals surface area (Å²) in [5.41, 5.74) is 0. The Bertz CT molecular complexity index is 374. The van der Waals surface area contributed by atoms with Crippen molar-refractivity contribution in [1.82, 2.24) is 10.3 Å². The Labute approximate surface area is 108 Å². The highest BCUT2D eigenvalue weighted by molar-refractivity contribution is 5.92. The molecule has 2 rings (SSSR count). The molecule has 1 aromatic rings. The van der Waals surface area contributed by atoms with E-state index in [1.54, 1.807) is 6.20 Å². The van der Waals surface area contributed by atoms with E-state index in [0.717, 1.165) is 38.2 Å². The third kappa shape index (κ3) is 3.07. The molecule has 1 aliphatic rings. The van der Waals surface area contributed by atoms with Gasteiger partial charge < -0.3 is 5.32 Å². The van der Waals surface area contributed by atoms with Crippen LogP contribution < -0.4 is 10.2 Å². The number of amides is 1. The number of carbonyl (C=O) groups is 1.